The Morgan fingerprint density at radius 1 is 1.35 bits per heavy atom. The molecule has 1 heterocycles. The molecule has 0 spiro atoms. The van der Waals surface area contributed by atoms with Gasteiger partial charge in [0.2, 0.25) is 0 Å². The third-order valence-electron chi connectivity index (χ3n) is 2.83. The number of esters is 1. The van der Waals surface area contributed by atoms with Crippen LogP contribution in [0.25, 0.3) is 0 Å². The Labute approximate surface area is 138 Å². The molecular formula is C14H13Br2NO2S. The number of aryl methyl sites for hydroxylation is 1. The molecule has 1 N–H and O–H groups in total. The van der Waals surface area contributed by atoms with Crippen LogP contribution in [-0.4, -0.2) is 13.1 Å². The molecule has 0 aliphatic heterocycles. The van der Waals surface area contributed by atoms with Gasteiger partial charge < -0.3 is 10.1 Å². The molecule has 1 unspecified atom stereocenters. The average molecular weight is 419 g/mol. The number of para-hydroxylation sites is 1. The van der Waals surface area contributed by atoms with Gasteiger partial charge in [-0.25, -0.2) is 4.79 Å². The molecule has 106 valence electrons. The molecule has 6 heteroatoms. The maximum atomic E-state index is 12.0. The summed E-state index contributed by atoms with van der Waals surface area (Å²) >= 11 is 8.38. The topological polar surface area (TPSA) is 38.3 Å². The summed E-state index contributed by atoms with van der Waals surface area (Å²) in [7, 11) is 1.40. The van der Waals surface area contributed by atoms with Crippen molar-refractivity contribution in [2.75, 3.05) is 12.4 Å². The first-order chi connectivity index (χ1) is 9.52. The number of nitrogens with one attached hydrogen (secondary N) is 1. The summed E-state index contributed by atoms with van der Waals surface area (Å²) in [4.78, 5) is 12.9. The summed E-state index contributed by atoms with van der Waals surface area (Å²) < 4.78 is 6.78. The lowest BCUT2D eigenvalue weighted by molar-refractivity contribution is -0.141. The van der Waals surface area contributed by atoms with Crippen molar-refractivity contribution in [2.45, 2.75) is 13.0 Å². The molecular weight excluding hydrogens is 406 g/mol. The van der Waals surface area contributed by atoms with Crippen molar-refractivity contribution >= 4 is 54.9 Å². The van der Waals surface area contributed by atoms with E-state index in [1.807, 2.05) is 37.3 Å². The summed E-state index contributed by atoms with van der Waals surface area (Å²) in [5, 5.41) is 3.25. The largest absolute Gasteiger partial charge is 0.467 e. The van der Waals surface area contributed by atoms with Gasteiger partial charge in [-0.1, -0.05) is 18.2 Å². The van der Waals surface area contributed by atoms with Crippen LogP contribution in [0.4, 0.5) is 5.69 Å². The Morgan fingerprint density at radius 2 is 2.05 bits per heavy atom. The van der Waals surface area contributed by atoms with Gasteiger partial charge in [-0.05, 0) is 56.5 Å². The SMILES string of the molecule is COC(=O)C(Nc1ccccc1C)c1cc(Br)c(Br)s1. The first kappa shape index (κ1) is 15.5. The standard InChI is InChI=1S/C14H13Br2NO2S/c1-8-5-3-4-6-10(8)17-12(14(18)19-2)11-7-9(15)13(16)20-11/h3-7,12,17H,1-2H3. The van der Waals surface area contributed by atoms with Crippen LogP contribution in [-0.2, 0) is 9.53 Å². The van der Waals surface area contributed by atoms with Crippen molar-refractivity contribution in [2.24, 2.45) is 0 Å². The molecule has 0 amide bonds. The van der Waals surface area contributed by atoms with E-state index in [1.54, 1.807) is 0 Å². The van der Waals surface area contributed by atoms with Crippen molar-refractivity contribution in [1.29, 1.82) is 0 Å². The van der Waals surface area contributed by atoms with Crippen molar-refractivity contribution in [3.05, 3.63) is 49.0 Å². The fourth-order valence-corrected chi connectivity index (χ4v) is 3.89. The van der Waals surface area contributed by atoms with E-state index in [9.17, 15) is 4.79 Å². The third-order valence-corrected chi connectivity index (χ3v) is 6.15. The van der Waals surface area contributed by atoms with Crippen LogP contribution in [0.1, 0.15) is 16.5 Å². The molecule has 2 rings (SSSR count). The van der Waals surface area contributed by atoms with Gasteiger partial charge >= 0.3 is 5.97 Å². The van der Waals surface area contributed by atoms with E-state index in [-0.39, 0.29) is 5.97 Å². The number of halogens is 2. The van der Waals surface area contributed by atoms with E-state index < -0.39 is 6.04 Å². The molecule has 0 aliphatic carbocycles. The molecule has 2 aromatic rings. The van der Waals surface area contributed by atoms with Gasteiger partial charge in [0.15, 0.2) is 6.04 Å². The normalized spacial score (nSPS) is 12.0. The van der Waals surface area contributed by atoms with Crippen molar-refractivity contribution in [3.63, 3.8) is 0 Å². The fourth-order valence-electron chi connectivity index (χ4n) is 1.76. The highest BCUT2D eigenvalue weighted by atomic mass is 79.9. The van der Waals surface area contributed by atoms with Crippen molar-refractivity contribution in [3.8, 4) is 0 Å². The Morgan fingerprint density at radius 3 is 2.60 bits per heavy atom. The highest BCUT2D eigenvalue weighted by molar-refractivity contribution is 9.13. The maximum Gasteiger partial charge on any atom is 0.333 e. The molecule has 20 heavy (non-hydrogen) atoms. The summed E-state index contributed by atoms with van der Waals surface area (Å²) in [5.41, 5.74) is 2.00. The number of hydrogen-bond acceptors (Lipinski definition) is 4. The summed E-state index contributed by atoms with van der Waals surface area (Å²) in [6.45, 7) is 2.00. The van der Waals surface area contributed by atoms with Gasteiger partial charge in [0.05, 0.1) is 10.9 Å². The molecule has 0 radical (unpaired) electrons. The molecule has 1 aromatic carbocycles. The molecule has 0 saturated heterocycles. The van der Waals surface area contributed by atoms with Gasteiger partial charge in [-0.15, -0.1) is 11.3 Å². The molecule has 0 bridgehead atoms. The van der Waals surface area contributed by atoms with Crippen LogP contribution in [0.5, 0.6) is 0 Å². The lowest BCUT2D eigenvalue weighted by atomic mass is 10.1. The minimum Gasteiger partial charge on any atom is -0.467 e. The second kappa shape index (κ2) is 6.74. The predicted octanol–water partition coefficient (Wildman–Crippen LogP) is 4.91. The van der Waals surface area contributed by atoms with E-state index in [0.29, 0.717) is 0 Å². The van der Waals surface area contributed by atoms with E-state index >= 15 is 0 Å². The summed E-state index contributed by atoms with van der Waals surface area (Å²) in [6.07, 6.45) is 0. The quantitative estimate of drug-likeness (QED) is 0.717. The predicted molar refractivity (Wildman–Crippen MR) is 89.3 cm³/mol. The van der Waals surface area contributed by atoms with E-state index in [0.717, 1.165) is 24.4 Å². The van der Waals surface area contributed by atoms with Crippen LogP contribution < -0.4 is 5.32 Å². The highest BCUT2D eigenvalue weighted by Gasteiger charge is 2.24. The second-order valence-corrected chi connectivity index (χ2v) is 7.44. The third kappa shape index (κ3) is 3.42. The Hall–Kier alpha value is -0.850. The Kier molecular flexibility index (Phi) is 5.23. The minimum absolute atomic E-state index is 0.311. The van der Waals surface area contributed by atoms with Crippen LogP contribution in [0, 0.1) is 6.92 Å². The Balaban J connectivity index is 2.34. The highest BCUT2D eigenvalue weighted by Crippen LogP contribution is 2.37. The number of ether oxygens (including phenoxy) is 1. The number of thiophene rings is 1. The zero-order valence-corrected chi connectivity index (χ0v) is 14.9. The zero-order chi connectivity index (χ0) is 14.7. The van der Waals surface area contributed by atoms with Gasteiger partial charge in [0, 0.05) is 15.0 Å². The molecule has 0 saturated carbocycles. The smallest absolute Gasteiger partial charge is 0.333 e. The fraction of sp³-hybridized carbons (Fsp3) is 0.214. The maximum absolute atomic E-state index is 12.0. The van der Waals surface area contributed by atoms with Crippen LogP contribution in [0.3, 0.4) is 0 Å². The number of hydrogen-bond donors (Lipinski definition) is 1. The lowest BCUT2D eigenvalue weighted by Crippen LogP contribution is -2.21. The van der Waals surface area contributed by atoms with Gasteiger partial charge in [-0.3, -0.25) is 0 Å². The first-order valence-electron chi connectivity index (χ1n) is 5.87. The number of carbonyl (C=O) groups is 1. The zero-order valence-electron chi connectivity index (χ0n) is 10.9. The lowest BCUT2D eigenvalue weighted by Gasteiger charge is -2.17. The minimum atomic E-state index is -0.520. The monoisotopic (exact) mass is 417 g/mol. The number of rotatable bonds is 4. The molecule has 1 atom stereocenters. The van der Waals surface area contributed by atoms with Gasteiger partial charge in [-0.2, -0.15) is 0 Å². The van der Waals surface area contributed by atoms with E-state index in [4.69, 9.17) is 4.74 Å². The second-order valence-electron chi connectivity index (χ2n) is 4.19. The van der Waals surface area contributed by atoms with Gasteiger partial charge in [0.1, 0.15) is 0 Å². The van der Waals surface area contributed by atoms with E-state index in [1.165, 1.54) is 18.4 Å². The first-order valence-corrected chi connectivity index (χ1v) is 8.28. The molecule has 0 aliphatic rings. The average Bonchev–Trinajstić information content (AvgIpc) is 2.76. The number of benzene rings is 1. The summed E-state index contributed by atoms with van der Waals surface area (Å²) in [6, 6.07) is 9.24. The van der Waals surface area contributed by atoms with Crippen molar-refractivity contribution < 1.29 is 9.53 Å². The molecule has 1 aromatic heterocycles. The molecule has 3 nitrogen and oxygen atoms in total. The number of methoxy groups -OCH3 is 1. The van der Waals surface area contributed by atoms with Crippen LogP contribution >= 0.6 is 43.2 Å². The van der Waals surface area contributed by atoms with Gasteiger partial charge in [0.25, 0.3) is 0 Å². The summed E-state index contributed by atoms with van der Waals surface area (Å²) in [5.74, 6) is -0.311. The Bertz CT molecular complexity index is 608. The molecule has 0 fully saturated rings. The number of carbonyl (C=O) groups excluding carboxylic acids is 1. The van der Waals surface area contributed by atoms with Crippen LogP contribution in [0.2, 0.25) is 0 Å². The van der Waals surface area contributed by atoms with Crippen LogP contribution in [0.15, 0.2) is 38.6 Å². The number of anilines is 1. The van der Waals surface area contributed by atoms with E-state index in [2.05, 4.69) is 37.2 Å². The van der Waals surface area contributed by atoms with Crippen molar-refractivity contribution in [1.82, 2.24) is 0 Å².